The number of carboxylic acid groups (broad SMARTS) is 1. The molecule has 0 saturated heterocycles. The molecule has 4 aromatic rings. The smallest absolute Gasteiger partial charge is 0.323 e. The highest BCUT2D eigenvalue weighted by atomic mass is 16.5. The van der Waals surface area contributed by atoms with Gasteiger partial charge in [0.05, 0.1) is 20.6 Å². The van der Waals surface area contributed by atoms with Crippen LogP contribution in [0, 0.1) is 17.8 Å². The molecule has 2 aliphatic carbocycles. The van der Waals surface area contributed by atoms with E-state index in [0.29, 0.717) is 34.1 Å². The van der Waals surface area contributed by atoms with Crippen LogP contribution in [0.5, 0.6) is 11.5 Å². The molecular formula is C44H50N4O6. The Balaban J connectivity index is 1.04. The number of carbonyl (C=O) groups is 3. The number of carboxylic acids is 1. The maximum Gasteiger partial charge on any atom is 0.323 e. The van der Waals surface area contributed by atoms with Gasteiger partial charge in [-0.1, -0.05) is 62.6 Å². The van der Waals surface area contributed by atoms with Gasteiger partial charge in [-0.3, -0.25) is 14.4 Å². The third-order valence-electron chi connectivity index (χ3n) is 11.1. The van der Waals surface area contributed by atoms with Crippen LogP contribution in [0.4, 0.5) is 5.69 Å². The maximum absolute atomic E-state index is 13.5. The largest absolute Gasteiger partial charge is 0.496 e. The molecule has 3 aromatic carbocycles. The van der Waals surface area contributed by atoms with Gasteiger partial charge in [0.2, 0.25) is 5.91 Å². The highest BCUT2D eigenvalue weighted by Crippen LogP contribution is 2.41. The van der Waals surface area contributed by atoms with Gasteiger partial charge in [0.25, 0.3) is 5.91 Å². The van der Waals surface area contributed by atoms with Gasteiger partial charge in [0.15, 0.2) is 5.82 Å². The van der Waals surface area contributed by atoms with E-state index in [0.717, 1.165) is 47.3 Å². The molecule has 1 atom stereocenters. The van der Waals surface area contributed by atoms with Crippen molar-refractivity contribution in [3.05, 3.63) is 107 Å². The number of aliphatic carboxylic acids is 1. The Morgan fingerprint density at radius 2 is 1.50 bits per heavy atom. The van der Waals surface area contributed by atoms with E-state index in [9.17, 15) is 19.5 Å². The van der Waals surface area contributed by atoms with Crippen molar-refractivity contribution in [3.63, 3.8) is 0 Å². The van der Waals surface area contributed by atoms with Gasteiger partial charge < -0.3 is 24.8 Å². The Morgan fingerprint density at radius 1 is 0.833 bits per heavy atom. The van der Waals surface area contributed by atoms with Crippen molar-refractivity contribution < 1.29 is 29.0 Å². The molecule has 0 radical (unpaired) electrons. The average Bonchev–Trinajstić information content (AvgIpc) is 3.21. The van der Waals surface area contributed by atoms with Gasteiger partial charge in [0, 0.05) is 46.9 Å². The van der Waals surface area contributed by atoms with E-state index in [1.165, 1.54) is 63.2 Å². The monoisotopic (exact) mass is 730 g/mol. The molecule has 1 heterocycles. The molecule has 1 saturated carbocycles. The molecule has 54 heavy (non-hydrogen) atoms. The van der Waals surface area contributed by atoms with Crippen LogP contribution in [-0.4, -0.2) is 58.5 Å². The number of nitrogens with zero attached hydrogens (tertiary/aromatic N) is 3. The molecule has 1 unspecified atom stereocenters. The quantitative estimate of drug-likeness (QED) is 0.132. The standard InChI is InChI=1S/C44H50N4O6/c1-4-29-8-12-31(13-9-29)32-16-18-33(19-17-32)36-25-45-43(46-26-36)34-14-10-30(11-15-34)27-48(28-42(50)51)44(52)35-20-22-37(23-21-35)47-41(49)24-38-39(53-2)6-5-7-40(38)54-3/h5-7,10-11,14-15,18,20-23,25-26,29,31-32H,4,8-9,12-13,16-17,19,24,27-28H2,1-3H3,(H,47,49)(H,50,51)/t29-,31-,32?. The molecule has 1 fully saturated rings. The lowest BCUT2D eigenvalue weighted by Gasteiger charge is -2.35. The highest BCUT2D eigenvalue weighted by molar-refractivity contribution is 5.97. The minimum absolute atomic E-state index is 0.0228. The third kappa shape index (κ3) is 9.53. The van der Waals surface area contributed by atoms with Crippen LogP contribution in [0.25, 0.3) is 17.0 Å². The van der Waals surface area contributed by atoms with Crippen LogP contribution in [-0.2, 0) is 22.6 Å². The summed E-state index contributed by atoms with van der Waals surface area (Å²) < 4.78 is 10.8. The second kappa shape index (κ2) is 18.0. The molecule has 2 N–H and O–H groups in total. The number of hydrogen-bond donors (Lipinski definition) is 2. The van der Waals surface area contributed by atoms with Gasteiger partial charge in [-0.05, 0) is 97.4 Å². The minimum atomic E-state index is -1.12. The normalized spacial score (nSPS) is 18.3. The molecule has 10 nitrogen and oxygen atoms in total. The zero-order valence-electron chi connectivity index (χ0n) is 31.4. The first-order chi connectivity index (χ1) is 26.2. The van der Waals surface area contributed by atoms with Crippen molar-refractivity contribution in [2.45, 2.75) is 71.3 Å². The van der Waals surface area contributed by atoms with Crippen molar-refractivity contribution in [1.82, 2.24) is 14.9 Å². The first-order valence-corrected chi connectivity index (χ1v) is 19.0. The lowest BCUT2D eigenvalue weighted by Crippen LogP contribution is -2.35. The Kier molecular flexibility index (Phi) is 12.7. The average molecular weight is 731 g/mol. The van der Waals surface area contributed by atoms with Crippen LogP contribution in [0.15, 0.2) is 85.2 Å². The van der Waals surface area contributed by atoms with E-state index in [1.54, 1.807) is 42.5 Å². The van der Waals surface area contributed by atoms with Crippen LogP contribution in [0.2, 0.25) is 0 Å². The second-order valence-electron chi connectivity index (χ2n) is 14.4. The van der Waals surface area contributed by atoms with Crippen LogP contribution >= 0.6 is 0 Å². The summed E-state index contributed by atoms with van der Waals surface area (Å²) >= 11 is 0. The highest BCUT2D eigenvalue weighted by Gasteiger charge is 2.28. The number of amides is 2. The fourth-order valence-electron chi connectivity index (χ4n) is 7.94. The van der Waals surface area contributed by atoms with E-state index < -0.39 is 18.4 Å². The minimum Gasteiger partial charge on any atom is -0.496 e. The first kappa shape index (κ1) is 38.2. The van der Waals surface area contributed by atoms with Gasteiger partial charge in [0.1, 0.15) is 18.0 Å². The number of benzene rings is 3. The van der Waals surface area contributed by atoms with Gasteiger partial charge in [-0.15, -0.1) is 0 Å². The number of anilines is 1. The number of rotatable bonds is 14. The Hall–Kier alpha value is -5.51. The van der Waals surface area contributed by atoms with Gasteiger partial charge in [-0.25, -0.2) is 9.97 Å². The summed E-state index contributed by atoms with van der Waals surface area (Å²) in [6.07, 6.45) is 16.6. The summed E-state index contributed by atoms with van der Waals surface area (Å²) in [5.74, 6) is 2.45. The van der Waals surface area contributed by atoms with Gasteiger partial charge in [-0.2, -0.15) is 0 Å². The van der Waals surface area contributed by atoms with Crippen molar-refractivity contribution in [2.24, 2.45) is 17.8 Å². The molecule has 2 amide bonds. The lowest BCUT2D eigenvalue weighted by atomic mass is 9.71. The molecule has 0 aliphatic heterocycles. The van der Waals surface area contributed by atoms with E-state index >= 15 is 0 Å². The molecule has 1 aromatic heterocycles. The second-order valence-corrected chi connectivity index (χ2v) is 14.4. The number of nitrogens with one attached hydrogen (secondary N) is 1. The topological polar surface area (TPSA) is 131 Å². The van der Waals surface area contributed by atoms with Gasteiger partial charge >= 0.3 is 5.97 Å². The molecule has 6 rings (SSSR count). The number of ether oxygens (including phenoxy) is 2. The molecule has 10 heteroatoms. The van der Waals surface area contributed by atoms with Crippen molar-refractivity contribution in [3.8, 4) is 22.9 Å². The van der Waals surface area contributed by atoms with Crippen molar-refractivity contribution in [2.75, 3.05) is 26.1 Å². The van der Waals surface area contributed by atoms with E-state index in [4.69, 9.17) is 9.47 Å². The maximum atomic E-state index is 13.5. The summed E-state index contributed by atoms with van der Waals surface area (Å²) in [4.78, 5) is 48.8. The summed E-state index contributed by atoms with van der Waals surface area (Å²) in [6.45, 7) is 1.95. The predicted molar refractivity (Wildman–Crippen MR) is 209 cm³/mol. The number of carbonyl (C=O) groups excluding carboxylic acids is 2. The summed E-state index contributed by atoms with van der Waals surface area (Å²) in [7, 11) is 3.06. The van der Waals surface area contributed by atoms with Crippen molar-refractivity contribution in [1.29, 1.82) is 0 Å². The Labute approximate surface area is 317 Å². The lowest BCUT2D eigenvalue weighted by molar-refractivity contribution is -0.137. The third-order valence-corrected chi connectivity index (χ3v) is 11.1. The fourth-order valence-corrected chi connectivity index (χ4v) is 7.94. The summed E-state index contributed by atoms with van der Waals surface area (Å²) in [5, 5.41) is 12.4. The van der Waals surface area contributed by atoms with E-state index in [-0.39, 0.29) is 18.9 Å². The number of allylic oxidation sites excluding steroid dienone is 2. The Bertz CT molecular complexity index is 1910. The number of methoxy groups -OCH3 is 2. The van der Waals surface area contributed by atoms with E-state index in [1.807, 2.05) is 36.7 Å². The summed E-state index contributed by atoms with van der Waals surface area (Å²) in [6, 6.07) is 19.2. The fraction of sp³-hybridized carbons (Fsp3) is 0.386. The summed E-state index contributed by atoms with van der Waals surface area (Å²) in [5.41, 5.74) is 5.43. The number of aromatic nitrogens is 2. The molecule has 0 bridgehead atoms. The Morgan fingerprint density at radius 3 is 2.07 bits per heavy atom. The molecule has 282 valence electrons. The van der Waals surface area contributed by atoms with Crippen molar-refractivity contribution >= 4 is 29.0 Å². The SMILES string of the molecule is CC[C@H]1CC[C@H](C2CC=C(c3cnc(-c4ccc(CN(CC(=O)O)C(=O)c5ccc(NC(=O)Cc6c(OC)cccc6OC)cc5)cc4)nc3)CC2)CC1. The van der Waals surface area contributed by atoms with E-state index in [2.05, 4.69) is 28.3 Å². The molecule has 0 spiro atoms. The van der Waals surface area contributed by atoms with Crippen LogP contribution in [0.1, 0.15) is 85.3 Å². The number of hydrogen-bond acceptors (Lipinski definition) is 7. The zero-order valence-corrected chi connectivity index (χ0v) is 31.4. The van der Waals surface area contributed by atoms with Crippen LogP contribution in [0.3, 0.4) is 0 Å². The molecule has 2 aliphatic rings. The predicted octanol–water partition coefficient (Wildman–Crippen LogP) is 8.47. The zero-order chi connectivity index (χ0) is 38.0. The first-order valence-electron chi connectivity index (χ1n) is 19.0. The molecular weight excluding hydrogens is 681 g/mol. The van der Waals surface area contributed by atoms with Crippen LogP contribution < -0.4 is 14.8 Å².